The van der Waals surface area contributed by atoms with Crippen molar-refractivity contribution in [2.45, 2.75) is 33.8 Å². The lowest BCUT2D eigenvalue weighted by atomic mass is 9.83. The van der Waals surface area contributed by atoms with E-state index in [9.17, 15) is 15.0 Å². The Morgan fingerprint density at radius 2 is 1.88 bits per heavy atom. The monoisotopic (exact) mass is 933 g/mol. The molecule has 6 aromatic rings. The molecular weight excluding hydrogens is 908 g/mol. The predicted molar refractivity (Wildman–Crippen MR) is 198 cm³/mol. The Labute approximate surface area is 309 Å². The minimum absolute atomic E-state index is 0.0362. The standard InChI is InChI=1S/C34H26BrI2N5O6/c35-19-8-14-7-18(29(19)44)25-17-5-1-4-16(30(17)46-13-43)15-3-2-6-21-26(15)27(22(10-36)40-21)31-23(11-37)41-34(48-31)28-32(25)47-24(42-28)12-39-33(45)20(38)9-14/h1-8,20,25,40,43-44H,9-13,38H2,(H,39,45)/t20-,25?/m0/s1. The molecule has 5 heterocycles. The topological polar surface area (TPSA) is 173 Å². The summed E-state index contributed by atoms with van der Waals surface area (Å²) in [4.78, 5) is 26.4. The summed E-state index contributed by atoms with van der Waals surface area (Å²) in [5.41, 5.74) is 13.4. The van der Waals surface area contributed by atoms with E-state index in [1.165, 1.54) is 0 Å². The number of carbonyl (C=O) groups excluding carboxylic acids is 1. The normalized spacial score (nSPS) is 16.8. The third-order valence-corrected chi connectivity index (χ3v) is 10.9. The molecule has 2 atom stereocenters. The van der Waals surface area contributed by atoms with Gasteiger partial charge in [-0.15, -0.1) is 0 Å². The van der Waals surface area contributed by atoms with E-state index in [0.717, 1.165) is 39.0 Å². The van der Waals surface area contributed by atoms with Crippen molar-refractivity contribution in [3.05, 3.63) is 92.7 Å². The molecule has 0 spiro atoms. The fourth-order valence-electron chi connectivity index (χ4n) is 6.75. The van der Waals surface area contributed by atoms with E-state index in [4.69, 9.17) is 29.3 Å². The SMILES string of the molecule is N[C@H]1Cc2cc(Br)c(O)c(c2)C2c3cccc(c3OCO)-c3cccc4[nH]c(CI)c(c34)-c3oc(nc3CI)-c3nc(oc32)CNC1=O. The number of nitrogens with two attached hydrogens (primary N) is 1. The van der Waals surface area contributed by atoms with Crippen LogP contribution in [0.5, 0.6) is 11.5 Å². The molecule has 0 saturated carbocycles. The van der Waals surface area contributed by atoms with Gasteiger partial charge in [0.1, 0.15) is 17.3 Å². The average molecular weight is 934 g/mol. The van der Waals surface area contributed by atoms with E-state index in [1.54, 1.807) is 6.07 Å². The molecule has 2 aliphatic rings. The highest BCUT2D eigenvalue weighted by atomic mass is 127. The molecule has 8 rings (SSSR count). The van der Waals surface area contributed by atoms with Crippen LogP contribution >= 0.6 is 61.1 Å². The maximum atomic E-state index is 13.0. The first-order valence-electron chi connectivity index (χ1n) is 15.0. The van der Waals surface area contributed by atoms with Crippen LogP contribution in [0.3, 0.4) is 0 Å². The van der Waals surface area contributed by atoms with Crippen molar-refractivity contribution in [1.29, 1.82) is 0 Å². The average Bonchev–Trinajstić information content (AvgIpc) is 3.80. The summed E-state index contributed by atoms with van der Waals surface area (Å²) in [6, 6.07) is 14.4. The first-order chi connectivity index (χ1) is 23.3. The number of amides is 1. The smallest absolute Gasteiger partial charge is 0.249 e. The van der Waals surface area contributed by atoms with Crippen molar-refractivity contribution >= 4 is 77.9 Å². The molecule has 3 aromatic carbocycles. The number of para-hydroxylation sites is 1. The van der Waals surface area contributed by atoms with Gasteiger partial charge >= 0.3 is 0 Å². The Morgan fingerprint density at radius 3 is 2.67 bits per heavy atom. The molecule has 1 unspecified atom stereocenters. The van der Waals surface area contributed by atoms with Crippen molar-refractivity contribution in [1.82, 2.24) is 20.3 Å². The number of alkyl halides is 2. The molecular formula is C34H26BrI2N5O6. The van der Waals surface area contributed by atoms with Crippen molar-refractivity contribution < 1.29 is 28.6 Å². The summed E-state index contributed by atoms with van der Waals surface area (Å²) >= 11 is 8.14. The highest BCUT2D eigenvalue weighted by molar-refractivity contribution is 14.1. The van der Waals surface area contributed by atoms with Gasteiger partial charge in [0.25, 0.3) is 0 Å². The number of nitrogens with one attached hydrogen (secondary N) is 2. The Bertz CT molecular complexity index is 2260. The fraction of sp³-hybridized carbons (Fsp3) is 0.206. The van der Waals surface area contributed by atoms with Gasteiger partial charge in [-0.2, -0.15) is 0 Å². The Morgan fingerprint density at radius 1 is 1.06 bits per heavy atom. The van der Waals surface area contributed by atoms with Gasteiger partial charge in [-0.1, -0.05) is 81.6 Å². The summed E-state index contributed by atoms with van der Waals surface area (Å²) in [5, 5.41) is 25.8. The van der Waals surface area contributed by atoms with E-state index in [1.807, 2.05) is 42.5 Å². The third-order valence-electron chi connectivity index (χ3n) is 8.77. The van der Waals surface area contributed by atoms with Gasteiger partial charge in [-0.25, -0.2) is 9.97 Å². The first kappa shape index (κ1) is 31.8. The van der Waals surface area contributed by atoms with Gasteiger partial charge in [0, 0.05) is 47.7 Å². The number of phenols is 1. The van der Waals surface area contributed by atoms with Crippen LogP contribution in [0, 0.1) is 0 Å². The summed E-state index contributed by atoms with van der Waals surface area (Å²) in [6.07, 6.45) is 0.212. The summed E-state index contributed by atoms with van der Waals surface area (Å²) in [6.45, 7) is -0.637. The van der Waals surface area contributed by atoms with E-state index in [0.29, 0.717) is 53.0 Å². The first-order valence-corrected chi connectivity index (χ1v) is 18.8. The van der Waals surface area contributed by atoms with Gasteiger partial charge in [0.05, 0.1) is 28.7 Å². The van der Waals surface area contributed by atoms with E-state index >= 15 is 0 Å². The number of H-pyrrole nitrogens is 1. The van der Waals surface area contributed by atoms with E-state index in [2.05, 4.69) is 71.4 Å². The van der Waals surface area contributed by atoms with Crippen LogP contribution in [0.2, 0.25) is 0 Å². The van der Waals surface area contributed by atoms with Crippen molar-refractivity contribution in [3.8, 4) is 45.5 Å². The van der Waals surface area contributed by atoms with Crippen LogP contribution in [0.15, 0.2) is 61.8 Å². The van der Waals surface area contributed by atoms with Crippen LogP contribution in [0.4, 0.5) is 0 Å². The van der Waals surface area contributed by atoms with Gasteiger partial charge in [0.2, 0.25) is 17.7 Å². The highest BCUT2D eigenvalue weighted by Gasteiger charge is 2.37. The van der Waals surface area contributed by atoms with Crippen LogP contribution in [-0.2, 0) is 26.6 Å². The van der Waals surface area contributed by atoms with Gasteiger partial charge < -0.3 is 39.8 Å². The van der Waals surface area contributed by atoms with E-state index in [-0.39, 0.29) is 36.4 Å². The molecule has 244 valence electrons. The molecule has 1 amide bonds. The zero-order chi connectivity index (χ0) is 33.3. The lowest BCUT2D eigenvalue weighted by molar-refractivity contribution is -0.122. The predicted octanol–water partition coefficient (Wildman–Crippen LogP) is 6.80. The number of hydrogen-bond acceptors (Lipinski definition) is 9. The Balaban J connectivity index is 1.57. The number of fused-ring (bicyclic) bond motifs is 12. The molecule has 8 bridgehead atoms. The zero-order valence-electron chi connectivity index (χ0n) is 24.9. The fourth-order valence-corrected chi connectivity index (χ4v) is 8.36. The van der Waals surface area contributed by atoms with Crippen molar-refractivity contribution in [3.63, 3.8) is 0 Å². The molecule has 0 radical (unpaired) electrons. The number of aromatic amines is 1. The van der Waals surface area contributed by atoms with Crippen LogP contribution in [-0.4, -0.2) is 43.9 Å². The molecule has 3 aromatic heterocycles. The number of benzene rings is 3. The number of aromatic nitrogens is 3. The zero-order valence-corrected chi connectivity index (χ0v) is 30.8. The summed E-state index contributed by atoms with van der Waals surface area (Å²) < 4.78 is 21.0. The van der Waals surface area contributed by atoms with Crippen molar-refractivity contribution in [2.24, 2.45) is 5.73 Å². The summed E-state index contributed by atoms with van der Waals surface area (Å²) in [7, 11) is 0. The number of nitrogens with zero attached hydrogens (tertiary/aromatic N) is 2. The number of halogens is 3. The number of ether oxygens (including phenoxy) is 1. The molecule has 0 fully saturated rings. The highest BCUT2D eigenvalue weighted by Crippen LogP contribution is 2.52. The second-order valence-electron chi connectivity index (χ2n) is 11.6. The van der Waals surface area contributed by atoms with Crippen LogP contribution < -0.4 is 15.8 Å². The second-order valence-corrected chi connectivity index (χ2v) is 13.9. The molecule has 11 nitrogen and oxygen atoms in total. The number of phenolic OH excluding ortho intramolecular Hbond substituents is 1. The summed E-state index contributed by atoms with van der Waals surface area (Å²) in [5.74, 6) is 0.501. The molecule has 14 heteroatoms. The third kappa shape index (κ3) is 5.05. The number of carbonyl (C=O) groups is 1. The maximum Gasteiger partial charge on any atom is 0.249 e. The quantitative estimate of drug-likeness (QED) is 0.0723. The van der Waals surface area contributed by atoms with Crippen molar-refractivity contribution in [2.75, 3.05) is 6.79 Å². The number of aliphatic hydroxyl groups is 1. The molecule has 0 aliphatic carbocycles. The number of aromatic hydroxyl groups is 1. The Kier molecular flexibility index (Phi) is 8.25. The molecule has 6 N–H and O–H groups in total. The minimum atomic E-state index is -0.866. The van der Waals surface area contributed by atoms with Crippen LogP contribution in [0.1, 0.15) is 45.6 Å². The number of rotatable bonds is 4. The van der Waals surface area contributed by atoms with Gasteiger partial charge in [0.15, 0.2) is 18.2 Å². The molecule has 2 aliphatic heterocycles. The van der Waals surface area contributed by atoms with E-state index < -0.39 is 18.8 Å². The largest absolute Gasteiger partial charge is 0.506 e. The molecule has 0 saturated heterocycles. The number of hydrogen-bond donors (Lipinski definition) is 5. The Hall–Kier alpha value is -3.45. The van der Waals surface area contributed by atoms with Gasteiger partial charge in [-0.3, -0.25) is 4.79 Å². The number of aliphatic hydroxyl groups excluding tert-OH is 1. The van der Waals surface area contributed by atoms with Gasteiger partial charge in [-0.05, 0) is 45.6 Å². The molecule has 48 heavy (non-hydrogen) atoms. The maximum absolute atomic E-state index is 13.0. The van der Waals surface area contributed by atoms with Crippen LogP contribution in [0.25, 0.3) is 44.9 Å². The lowest BCUT2D eigenvalue weighted by Crippen LogP contribution is -2.41. The minimum Gasteiger partial charge on any atom is -0.506 e. The second kappa shape index (κ2) is 12.5. The lowest BCUT2D eigenvalue weighted by Gasteiger charge is -2.24. The number of oxazole rings is 2.